The van der Waals surface area contributed by atoms with Crippen LogP contribution in [0.3, 0.4) is 0 Å². The van der Waals surface area contributed by atoms with E-state index in [4.69, 9.17) is 10.8 Å². The maximum Gasteiger partial charge on any atom is 0.335 e. The van der Waals surface area contributed by atoms with Gasteiger partial charge in [-0.05, 0) is 156 Å². The molecular weight excluding hydrogens is 1500 g/mol. The average molecular weight is 1570 g/mol. The number of sulfonamides is 4. The van der Waals surface area contributed by atoms with E-state index in [1.807, 2.05) is 42.5 Å². The number of rotatable bonds is 16. The van der Waals surface area contributed by atoms with Crippen molar-refractivity contribution >= 4 is 132 Å². The van der Waals surface area contributed by atoms with Crippen LogP contribution >= 0.6 is 0 Å². The Morgan fingerprint density at radius 1 is 0.396 bits per heavy atom. The summed E-state index contributed by atoms with van der Waals surface area (Å²) >= 11 is 0. The highest BCUT2D eigenvalue weighted by Gasteiger charge is 2.52. The number of nitrogen functional groups attached to an aromatic ring is 1. The number of Topliss-reactive ketones (excluding diaryl/α,β-unsaturated/α-hetero) is 4. The summed E-state index contributed by atoms with van der Waals surface area (Å²) in [5.41, 5.74) is 11.3. The molecule has 8 unspecified atom stereocenters. The molecule has 0 saturated heterocycles. The lowest BCUT2D eigenvalue weighted by atomic mass is 9.82. The van der Waals surface area contributed by atoms with Crippen molar-refractivity contribution in [3.63, 3.8) is 0 Å². The third-order valence-corrected chi connectivity index (χ3v) is 26.3. The summed E-state index contributed by atoms with van der Waals surface area (Å²) in [4.78, 5) is 122. The van der Waals surface area contributed by atoms with Crippen LogP contribution in [0, 0.1) is 23.7 Å². The van der Waals surface area contributed by atoms with Crippen LogP contribution in [-0.2, 0) is 83.2 Å². The van der Waals surface area contributed by atoms with Crippen molar-refractivity contribution in [3.8, 4) is 0 Å². The van der Waals surface area contributed by atoms with Gasteiger partial charge in [0.15, 0.2) is 0 Å². The summed E-state index contributed by atoms with van der Waals surface area (Å²) in [5, 5.41) is 11.6. The molecule has 0 fully saturated rings. The van der Waals surface area contributed by atoms with Crippen molar-refractivity contribution in [2.45, 2.75) is 45.8 Å². The first-order valence-electron chi connectivity index (χ1n) is 34.3. The zero-order valence-corrected chi connectivity index (χ0v) is 62.4. The van der Waals surface area contributed by atoms with Crippen LogP contribution in [0.2, 0.25) is 0 Å². The minimum Gasteiger partial charge on any atom is -0.478 e. The third kappa shape index (κ3) is 15.8. The molecule has 7 aromatic carbocycles. The Morgan fingerprint density at radius 2 is 0.667 bits per heavy atom. The largest absolute Gasteiger partial charge is 0.478 e. The van der Waals surface area contributed by atoms with Crippen molar-refractivity contribution in [1.82, 2.24) is 22.1 Å². The molecule has 7 aromatic rings. The molecule has 15 rings (SSSR count). The molecule has 1 amide bonds. The van der Waals surface area contributed by atoms with Crippen LogP contribution < -0.4 is 11.1 Å². The second-order valence-corrected chi connectivity index (χ2v) is 34.1. The number of anilines is 2. The number of aromatic carboxylic acids is 1. The van der Waals surface area contributed by atoms with Gasteiger partial charge >= 0.3 is 5.97 Å². The van der Waals surface area contributed by atoms with E-state index < -0.39 is 140 Å². The number of carboxylic acid groups (broad SMARTS) is 1. The standard InChI is InChI=1S/C22H18N2O5S.C21H15NO6S.C20H16N2O4S.C18H20N2O4S/c1-14(25)23-16-7-9-17(10-8-16)30(28,29)24-13-18(15-5-3-2-4-6-15)21-19(24)11-12-20(26)22(21)27;23-18-11-10-17-19(20(18)24)16(13-4-2-1-3-5-13)12-22(17)29(27,28)15-8-6-14(7-9-15)21(25)26;21-14-6-8-15(9-7-14)27(25,26)22-12-16(13-4-2-1-3-5-13)19-17(22)10-11-18(23)20(19)24;1-19(2)10-11-25(23,24)20-12-14(13-6-4-3-5-7-13)17-15(20)8-9-16(21)18(17)22/h2-13,19,21H,1H3,(H,23,25);1-12,17,19H,(H,25,26);1-12,17,19H,21H2;3-9,12,15,17H,10-11H2,1-2H3. The number of ketones is 8. The molecule has 26 nitrogen and oxygen atoms in total. The number of amides is 1. The van der Waals surface area contributed by atoms with Crippen LogP contribution in [0.4, 0.5) is 11.4 Å². The van der Waals surface area contributed by atoms with E-state index in [1.165, 1.54) is 139 Å². The SMILES string of the molecule is CC(=O)Nc1ccc(S(=O)(=O)N2C=C(c3ccccc3)C3C(=O)C(=O)C=CC32)cc1.CN(C)CCS(=O)(=O)N1C=C(c2ccccc2)C2C(=O)C(=O)C=CC21.Nc1ccc(S(=O)(=O)N2C=C(c3ccccc3)C3C(=O)C(=O)C=CC32)cc1.O=C1C=CC2C(C1=O)C(c1ccccc1)=CN2S(=O)(=O)c1ccc(C(=O)O)cc1. The van der Waals surface area contributed by atoms with E-state index in [0.29, 0.717) is 56.9 Å². The minimum absolute atomic E-state index is 0.0127. The maximum atomic E-state index is 13.4. The zero-order valence-electron chi connectivity index (χ0n) is 59.2. The number of hydrogen-bond donors (Lipinski definition) is 3. The molecule has 30 heteroatoms. The lowest BCUT2D eigenvalue weighted by Gasteiger charge is -2.28. The van der Waals surface area contributed by atoms with Gasteiger partial charge < -0.3 is 21.1 Å². The predicted octanol–water partition coefficient (Wildman–Crippen LogP) is 7.44. The second-order valence-electron chi connectivity index (χ2n) is 26.6. The van der Waals surface area contributed by atoms with Gasteiger partial charge in [-0.1, -0.05) is 146 Å². The molecule has 4 heterocycles. The Morgan fingerprint density at radius 3 is 0.946 bits per heavy atom. The number of nitrogens with one attached hydrogen (secondary N) is 1. The summed E-state index contributed by atoms with van der Waals surface area (Å²) in [7, 11) is -12.0. The molecule has 111 heavy (non-hydrogen) atoms. The fraction of sp³-hybridized carbons (Fsp3) is 0.160. The van der Waals surface area contributed by atoms with Crippen molar-refractivity contribution < 1.29 is 86.7 Å². The first-order valence-corrected chi connectivity index (χ1v) is 40.2. The Balaban J connectivity index is 0.000000138. The maximum absolute atomic E-state index is 13.4. The molecule has 566 valence electrons. The third-order valence-electron chi connectivity index (χ3n) is 19.3. The number of fused-ring (bicyclic) bond motifs is 4. The highest BCUT2D eigenvalue weighted by atomic mass is 32.2. The number of nitrogens with zero attached hydrogens (tertiary/aromatic N) is 5. The normalized spacial score (nSPS) is 21.7. The van der Waals surface area contributed by atoms with Crippen molar-refractivity contribution in [3.05, 3.63) is 295 Å². The van der Waals surface area contributed by atoms with Gasteiger partial charge in [-0.2, -0.15) is 0 Å². The molecule has 4 aliphatic heterocycles. The monoisotopic (exact) mass is 1570 g/mol. The molecule has 4 aliphatic carbocycles. The van der Waals surface area contributed by atoms with Gasteiger partial charge in [-0.25, -0.2) is 38.5 Å². The topological polar surface area (TPSA) is 382 Å². The van der Waals surface area contributed by atoms with E-state index in [0.717, 1.165) is 36.7 Å². The number of nitrogens with two attached hydrogens (primary N) is 1. The summed E-state index contributed by atoms with van der Waals surface area (Å²) in [6.45, 7) is 1.74. The summed E-state index contributed by atoms with van der Waals surface area (Å²) in [6.07, 6.45) is 16.2. The Labute approximate surface area is 639 Å². The fourth-order valence-electron chi connectivity index (χ4n) is 13.8. The van der Waals surface area contributed by atoms with Gasteiger partial charge in [0.05, 0.1) is 73.8 Å². The van der Waals surface area contributed by atoms with Crippen LogP contribution in [0.25, 0.3) is 22.3 Å². The van der Waals surface area contributed by atoms with Crippen LogP contribution in [0.5, 0.6) is 0 Å². The molecule has 8 aliphatic rings. The first kappa shape index (κ1) is 78.1. The number of hydrogen-bond acceptors (Lipinski definition) is 20. The summed E-state index contributed by atoms with van der Waals surface area (Å²) in [6, 6.07) is 49.2. The smallest absolute Gasteiger partial charge is 0.335 e. The average Bonchev–Trinajstić information content (AvgIpc) is 1.62. The fourth-order valence-corrected chi connectivity index (χ4v) is 19.9. The molecular formula is C81H69N7O19S4. The molecule has 0 saturated carbocycles. The summed E-state index contributed by atoms with van der Waals surface area (Å²) < 4.78 is 110. The lowest BCUT2D eigenvalue weighted by Crippen LogP contribution is -2.44. The van der Waals surface area contributed by atoms with Gasteiger partial charge in [0.1, 0.15) is 0 Å². The highest BCUT2D eigenvalue weighted by molar-refractivity contribution is 7.90. The molecule has 0 radical (unpaired) electrons. The van der Waals surface area contributed by atoms with Crippen LogP contribution in [0.1, 0.15) is 39.5 Å². The molecule has 8 atom stereocenters. The number of benzene rings is 7. The van der Waals surface area contributed by atoms with Gasteiger partial charge in [0.25, 0.3) is 30.1 Å². The van der Waals surface area contributed by atoms with Gasteiger partial charge in [0, 0.05) is 49.6 Å². The van der Waals surface area contributed by atoms with E-state index in [-0.39, 0.29) is 31.9 Å². The predicted molar refractivity (Wildman–Crippen MR) is 410 cm³/mol. The quantitative estimate of drug-likeness (QED) is 0.0624. The number of allylic oxidation sites excluding steroid dienone is 4. The van der Waals surface area contributed by atoms with Gasteiger partial charge in [-0.15, -0.1) is 0 Å². The van der Waals surface area contributed by atoms with Crippen molar-refractivity contribution in [2.24, 2.45) is 23.7 Å². The molecule has 0 aromatic heterocycles. The van der Waals surface area contributed by atoms with E-state index in [1.54, 1.807) is 97.9 Å². The Hall–Kier alpha value is -12.5. The molecule has 4 N–H and O–H groups in total. The highest BCUT2D eigenvalue weighted by Crippen LogP contribution is 2.46. The van der Waals surface area contributed by atoms with Crippen molar-refractivity contribution in [2.75, 3.05) is 37.4 Å². The number of carboxylic acids is 1. The van der Waals surface area contributed by atoms with Crippen LogP contribution in [-0.4, -0.2) is 170 Å². The van der Waals surface area contributed by atoms with E-state index >= 15 is 0 Å². The van der Waals surface area contributed by atoms with Crippen LogP contribution in [0.15, 0.2) is 282 Å². The zero-order chi connectivity index (χ0) is 79.6. The Kier molecular flexibility index (Phi) is 22.2. The summed E-state index contributed by atoms with van der Waals surface area (Å²) in [5.74, 6) is -9.92. The number of carbonyl (C=O) groups is 10. The van der Waals surface area contributed by atoms with E-state index in [9.17, 15) is 81.6 Å². The molecule has 0 bridgehead atoms. The minimum atomic E-state index is -4.08. The van der Waals surface area contributed by atoms with Crippen molar-refractivity contribution in [1.29, 1.82) is 0 Å². The lowest BCUT2D eigenvalue weighted by molar-refractivity contribution is -0.136. The molecule has 0 spiro atoms. The van der Waals surface area contributed by atoms with Gasteiger partial charge in [-0.3, -0.25) is 60.4 Å². The number of carbonyl (C=O) groups excluding carboxylic acids is 9. The Bertz CT molecular complexity index is 5730. The van der Waals surface area contributed by atoms with Gasteiger partial charge in [0.2, 0.25) is 62.2 Å². The van der Waals surface area contributed by atoms with E-state index in [2.05, 4.69) is 5.32 Å². The first-order chi connectivity index (χ1) is 52.8. The second kappa shape index (κ2) is 31.6.